The van der Waals surface area contributed by atoms with E-state index >= 15 is 0 Å². The van der Waals surface area contributed by atoms with Crippen molar-refractivity contribution >= 4 is 28.9 Å². The van der Waals surface area contributed by atoms with E-state index in [1.54, 1.807) is 0 Å². The van der Waals surface area contributed by atoms with Gasteiger partial charge in [0.25, 0.3) is 0 Å². The maximum absolute atomic E-state index is 13.3. The molecule has 1 aromatic heterocycles. The van der Waals surface area contributed by atoms with E-state index in [0.29, 0.717) is 0 Å². The maximum atomic E-state index is 13.3. The third-order valence-electron chi connectivity index (χ3n) is 2.07. The number of thiophene rings is 1. The van der Waals surface area contributed by atoms with Gasteiger partial charge in [0.15, 0.2) is 5.78 Å². The molecule has 0 bridgehead atoms. The number of rotatable bonds is 4. The van der Waals surface area contributed by atoms with Crippen molar-refractivity contribution in [3.63, 3.8) is 0 Å². The number of carbonyl (C=O) groups excluding carboxylic acids is 1. The van der Waals surface area contributed by atoms with Gasteiger partial charge in [0.05, 0.1) is 15.5 Å². The van der Waals surface area contributed by atoms with Crippen LogP contribution in [0.3, 0.4) is 0 Å². The highest BCUT2D eigenvalue weighted by Gasteiger charge is 2.12. The van der Waals surface area contributed by atoms with Gasteiger partial charge >= 0.3 is 0 Å². The molecule has 0 saturated heterocycles. The van der Waals surface area contributed by atoms with Gasteiger partial charge in [0.2, 0.25) is 0 Å². The van der Waals surface area contributed by atoms with E-state index in [9.17, 15) is 13.6 Å². The minimum atomic E-state index is -0.804. The summed E-state index contributed by atoms with van der Waals surface area (Å²) in [5, 5.41) is 1.91. The SMILES string of the molecule is O=C(CSc1cccs1)c1ccc(F)cc1F. The zero-order chi connectivity index (χ0) is 12.3. The normalized spacial score (nSPS) is 10.5. The van der Waals surface area contributed by atoms with E-state index in [1.807, 2.05) is 17.5 Å². The van der Waals surface area contributed by atoms with Crippen LogP contribution in [0.1, 0.15) is 10.4 Å². The lowest BCUT2D eigenvalue weighted by atomic mass is 10.1. The van der Waals surface area contributed by atoms with Crippen molar-refractivity contribution in [3.05, 3.63) is 52.9 Å². The van der Waals surface area contributed by atoms with Gasteiger partial charge in [-0.25, -0.2) is 8.78 Å². The van der Waals surface area contributed by atoms with Gasteiger partial charge in [-0.05, 0) is 23.6 Å². The Morgan fingerprint density at radius 2 is 2.12 bits per heavy atom. The van der Waals surface area contributed by atoms with Gasteiger partial charge in [-0.3, -0.25) is 4.79 Å². The van der Waals surface area contributed by atoms with E-state index in [-0.39, 0.29) is 17.1 Å². The molecule has 0 fully saturated rings. The highest BCUT2D eigenvalue weighted by molar-refractivity contribution is 8.01. The fourth-order valence-electron chi connectivity index (χ4n) is 1.28. The number of carbonyl (C=O) groups is 1. The molecule has 2 aromatic rings. The second kappa shape index (κ2) is 5.42. The minimum Gasteiger partial charge on any atom is -0.293 e. The summed E-state index contributed by atoms with van der Waals surface area (Å²) in [5.74, 6) is -1.66. The Balaban J connectivity index is 2.04. The standard InChI is InChI=1S/C12H8F2OS2/c13-8-3-4-9(10(14)6-8)11(15)7-17-12-2-1-5-16-12/h1-6H,7H2. The number of hydrogen-bond donors (Lipinski definition) is 0. The van der Waals surface area contributed by atoms with Crippen molar-refractivity contribution in [1.29, 1.82) is 0 Å². The Morgan fingerprint density at radius 3 is 2.76 bits per heavy atom. The van der Waals surface area contributed by atoms with Gasteiger partial charge < -0.3 is 0 Å². The number of ketones is 1. The number of thioether (sulfide) groups is 1. The monoisotopic (exact) mass is 270 g/mol. The second-order valence-electron chi connectivity index (χ2n) is 3.27. The van der Waals surface area contributed by atoms with Crippen LogP contribution in [0, 0.1) is 11.6 Å². The molecule has 5 heteroatoms. The van der Waals surface area contributed by atoms with Crippen LogP contribution >= 0.6 is 23.1 Å². The van der Waals surface area contributed by atoms with Crippen molar-refractivity contribution < 1.29 is 13.6 Å². The third kappa shape index (κ3) is 3.14. The van der Waals surface area contributed by atoms with Crippen molar-refractivity contribution in [3.8, 4) is 0 Å². The molecule has 0 aliphatic rings. The quantitative estimate of drug-likeness (QED) is 0.617. The first-order chi connectivity index (χ1) is 8.16. The largest absolute Gasteiger partial charge is 0.293 e. The zero-order valence-electron chi connectivity index (χ0n) is 8.65. The number of Topliss-reactive ketones (excluding diaryl/α,β-unsaturated/α-hetero) is 1. The van der Waals surface area contributed by atoms with Crippen LogP contribution in [0.2, 0.25) is 0 Å². The number of hydrogen-bond acceptors (Lipinski definition) is 3. The highest BCUT2D eigenvalue weighted by Crippen LogP contribution is 2.24. The van der Waals surface area contributed by atoms with Crippen LogP contribution in [0.5, 0.6) is 0 Å². The van der Waals surface area contributed by atoms with Crippen LogP contribution in [0.25, 0.3) is 0 Å². The van der Waals surface area contributed by atoms with Gasteiger partial charge in [-0.2, -0.15) is 0 Å². The predicted molar refractivity (Wildman–Crippen MR) is 65.7 cm³/mol. The topological polar surface area (TPSA) is 17.1 Å². The lowest BCUT2D eigenvalue weighted by molar-refractivity contribution is 0.101. The van der Waals surface area contributed by atoms with Gasteiger partial charge in [-0.1, -0.05) is 6.07 Å². The first-order valence-electron chi connectivity index (χ1n) is 4.81. The van der Waals surface area contributed by atoms with Crippen molar-refractivity contribution in [1.82, 2.24) is 0 Å². The maximum Gasteiger partial charge on any atom is 0.176 e. The zero-order valence-corrected chi connectivity index (χ0v) is 10.3. The molecule has 0 N–H and O–H groups in total. The lowest BCUT2D eigenvalue weighted by Crippen LogP contribution is -2.05. The Morgan fingerprint density at radius 1 is 1.29 bits per heavy atom. The number of benzene rings is 1. The van der Waals surface area contributed by atoms with E-state index < -0.39 is 11.6 Å². The van der Waals surface area contributed by atoms with Crippen molar-refractivity contribution in [2.24, 2.45) is 0 Å². The predicted octanol–water partition coefficient (Wildman–Crippen LogP) is 4.00. The van der Waals surface area contributed by atoms with Crippen LogP contribution in [0.4, 0.5) is 8.78 Å². The van der Waals surface area contributed by atoms with E-state index in [2.05, 4.69) is 0 Å². The lowest BCUT2D eigenvalue weighted by Gasteiger charge is -2.01. The van der Waals surface area contributed by atoms with Gasteiger partial charge in [0, 0.05) is 6.07 Å². The molecule has 0 aliphatic heterocycles. The molecule has 17 heavy (non-hydrogen) atoms. The summed E-state index contributed by atoms with van der Waals surface area (Å²) in [6, 6.07) is 6.77. The molecule has 0 amide bonds. The first-order valence-corrected chi connectivity index (χ1v) is 6.68. The molecule has 1 aromatic carbocycles. The third-order valence-corrected chi connectivity index (χ3v) is 4.20. The summed E-state index contributed by atoms with van der Waals surface area (Å²) >= 11 is 2.88. The van der Waals surface area contributed by atoms with Gasteiger partial charge in [0.1, 0.15) is 11.6 Å². The number of halogens is 2. The molecular formula is C12H8F2OS2. The second-order valence-corrected chi connectivity index (χ2v) is 5.49. The summed E-state index contributed by atoms with van der Waals surface area (Å²) in [7, 11) is 0. The Kier molecular flexibility index (Phi) is 3.91. The molecular weight excluding hydrogens is 262 g/mol. The molecule has 1 heterocycles. The molecule has 0 radical (unpaired) electrons. The molecule has 0 spiro atoms. The fourth-order valence-corrected chi connectivity index (χ4v) is 2.94. The highest BCUT2D eigenvalue weighted by atomic mass is 32.2. The fraction of sp³-hybridized carbons (Fsp3) is 0.0833. The van der Waals surface area contributed by atoms with Crippen LogP contribution in [-0.4, -0.2) is 11.5 Å². The molecule has 2 rings (SSSR count). The summed E-state index contributed by atoms with van der Waals surface area (Å²) in [6.07, 6.45) is 0. The Labute approximate surface area is 105 Å². The van der Waals surface area contributed by atoms with E-state index in [0.717, 1.165) is 16.3 Å². The minimum absolute atomic E-state index is 0.0598. The smallest absolute Gasteiger partial charge is 0.176 e. The molecule has 88 valence electrons. The van der Waals surface area contributed by atoms with E-state index in [1.165, 1.54) is 29.2 Å². The molecule has 1 nitrogen and oxygen atoms in total. The van der Waals surface area contributed by atoms with Crippen molar-refractivity contribution in [2.45, 2.75) is 4.21 Å². The summed E-state index contributed by atoms with van der Waals surface area (Å²) in [6.45, 7) is 0. The summed E-state index contributed by atoms with van der Waals surface area (Å²) in [4.78, 5) is 11.7. The first kappa shape index (κ1) is 12.3. The van der Waals surface area contributed by atoms with Crippen molar-refractivity contribution in [2.75, 3.05) is 5.75 Å². The van der Waals surface area contributed by atoms with Crippen LogP contribution in [-0.2, 0) is 0 Å². The molecule has 0 atom stereocenters. The van der Waals surface area contributed by atoms with E-state index in [4.69, 9.17) is 0 Å². The summed E-state index contributed by atoms with van der Waals surface area (Å²) in [5.41, 5.74) is -0.0598. The summed E-state index contributed by atoms with van der Waals surface area (Å²) < 4.78 is 27.0. The Hall–Kier alpha value is -1.20. The average molecular weight is 270 g/mol. The Bertz CT molecular complexity index is 523. The van der Waals surface area contributed by atoms with Crippen LogP contribution in [0.15, 0.2) is 39.9 Å². The molecule has 0 aliphatic carbocycles. The van der Waals surface area contributed by atoms with Crippen LogP contribution < -0.4 is 0 Å². The van der Waals surface area contributed by atoms with Gasteiger partial charge in [-0.15, -0.1) is 23.1 Å². The average Bonchev–Trinajstić information content (AvgIpc) is 2.78. The molecule has 0 saturated carbocycles. The molecule has 0 unspecified atom stereocenters.